The van der Waals surface area contributed by atoms with Crippen molar-refractivity contribution in [2.24, 2.45) is 17.8 Å². The summed E-state index contributed by atoms with van der Waals surface area (Å²) in [7, 11) is 0. The summed E-state index contributed by atoms with van der Waals surface area (Å²) in [6.07, 6.45) is 13.2. The number of carbonyl (C=O) groups excluding carboxylic acids is 1. The summed E-state index contributed by atoms with van der Waals surface area (Å²) in [6.45, 7) is 1.04. The van der Waals surface area contributed by atoms with E-state index in [0.29, 0.717) is 11.9 Å². The van der Waals surface area contributed by atoms with E-state index in [4.69, 9.17) is 0 Å². The number of rotatable bonds is 3. The first-order chi connectivity index (χ1) is 10.2. The fraction of sp³-hybridized carbons (Fsp3) is 0.944. The van der Waals surface area contributed by atoms with Crippen molar-refractivity contribution in [3.8, 4) is 0 Å². The Morgan fingerprint density at radius 2 is 1.57 bits per heavy atom. The Morgan fingerprint density at radius 1 is 0.952 bits per heavy atom. The van der Waals surface area contributed by atoms with Crippen LogP contribution in [0.1, 0.15) is 64.2 Å². The van der Waals surface area contributed by atoms with Crippen LogP contribution in [0.4, 0.5) is 0 Å². The maximum Gasteiger partial charge on any atom is 0.240 e. The van der Waals surface area contributed by atoms with Crippen molar-refractivity contribution in [2.75, 3.05) is 6.54 Å². The zero-order valence-electron chi connectivity index (χ0n) is 13.0. The van der Waals surface area contributed by atoms with Crippen LogP contribution in [0.3, 0.4) is 0 Å². The number of likely N-dealkylation sites (tertiary alicyclic amines) is 1. The Balaban J connectivity index is 1.39. The maximum atomic E-state index is 13.1. The Labute approximate surface area is 127 Å². The maximum absolute atomic E-state index is 13.1. The van der Waals surface area contributed by atoms with Gasteiger partial charge in [0.1, 0.15) is 0 Å². The van der Waals surface area contributed by atoms with Gasteiger partial charge >= 0.3 is 0 Å². The molecule has 21 heavy (non-hydrogen) atoms. The standard InChI is InChI=1S/C18H28N2O/c21-17-16(19-15-3-4-15)2-1-5-20(17)18-9-12-6-13(10-18)8-14(7-12)11-18/h12-16,19H,1-11H2. The molecule has 0 aromatic rings. The smallest absolute Gasteiger partial charge is 0.240 e. The quantitative estimate of drug-likeness (QED) is 0.866. The molecule has 5 aliphatic carbocycles. The van der Waals surface area contributed by atoms with Gasteiger partial charge in [-0.25, -0.2) is 0 Å². The van der Waals surface area contributed by atoms with Gasteiger partial charge in [0.15, 0.2) is 0 Å². The third-order valence-electron chi connectivity index (χ3n) is 7.03. The average Bonchev–Trinajstić information content (AvgIpc) is 3.23. The van der Waals surface area contributed by atoms with Crippen LogP contribution in [0, 0.1) is 17.8 Å². The zero-order valence-corrected chi connectivity index (χ0v) is 13.0. The molecule has 1 N–H and O–H groups in total. The van der Waals surface area contributed by atoms with Gasteiger partial charge in [-0.1, -0.05) is 0 Å². The Morgan fingerprint density at radius 3 is 2.14 bits per heavy atom. The molecule has 6 aliphatic rings. The minimum atomic E-state index is 0.138. The van der Waals surface area contributed by atoms with Crippen molar-refractivity contribution in [2.45, 2.75) is 81.8 Å². The summed E-state index contributed by atoms with van der Waals surface area (Å²) in [5.41, 5.74) is 0.274. The van der Waals surface area contributed by atoms with Crippen molar-refractivity contribution in [3.05, 3.63) is 0 Å². The highest BCUT2D eigenvalue weighted by Gasteiger charge is 2.55. The first-order valence-electron chi connectivity index (χ1n) is 9.29. The third kappa shape index (κ3) is 2.07. The molecule has 0 aromatic carbocycles. The van der Waals surface area contributed by atoms with Gasteiger partial charge in [0.2, 0.25) is 5.91 Å². The molecule has 3 heteroatoms. The molecule has 1 heterocycles. The molecule has 1 amide bonds. The van der Waals surface area contributed by atoms with Gasteiger partial charge in [-0.05, 0) is 82.0 Å². The van der Waals surface area contributed by atoms with Crippen LogP contribution in [-0.2, 0) is 4.79 Å². The van der Waals surface area contributed by atoms with Crippen LogP contribution in [0.15, 0.2) is 0 Å². The first kappa shape index (κ1) is 12.9. The molecule has 6 rings (SSSR count). The van der Waals surface area contributed by atoms with E-state index in [1.807, 2.05) is 0 Å². The number of carbonyl (C=O) groups is 1. The average molecular weight is 288 g/mol. The zero-order chi connectivity index (χ0) is 14.0. The van der Waals surface area contributed by atoms with Gasteiger partial charge in [0.05, 0.1) is 6.04 Å². The van der Waals surface area contributed by atoms with Crippen LogP contribution in [-0.4, -0.2) is 35.0 Å². The van der Waals surface area contributed by atoms with E-state index in [9.17, 15) is 4.79 Å². The number of hydrogen-bond donors (Lipinski definition) is 1. The number of nitrogens with one attached hydrogen (secondary N) is 1. The van der Waals surface area contributed by atoms with Gasteiger partial charge in [0, 0.05) is 18.1 Å². The molecule has 1 atom stereocenters. The summed E-state index contributed by atoms with van der Waals surface area (Å²) in [4.78, 5) is 15.4. The lowest BCUT2D eigenvalue weighted by Crippen LogP contribution is -2.65. The van der Waals surface area contributed by atoms with Crippen LogP contribution < -0.4 is 5.32 Å². The SMILES string of the molecule is O=C1C(NC2CC2)CCCN1C12CC3CC(CC(C3)C1)C2. The molecule has 0 spiro atoms. The molecule has 0 aromatic heterocycles. The normalized spacial score (nSPS) is 49.0. The Bertz CT molecular complexity index is 421. The third-order valence-corrected chi connectivity index (χ3v) is 7.03. The minimum Gasteiger partial charge on any atom is -0.336 e. The lowest BCUT2D eigenvalue weighted by molar-refractivity contribution is -0.156. The van der Waals surface area contributed by atoms with E-state index in [-0.39, 0.29) is 11.6 Å². The van der Waals surface area contributed by atoms with E-state index in [2.05, 4.69) is 10.2 Å². The van der Waals surface area contributed by atoms with E-state index in [0.717, 1.165) is 30.7 Å². The van der Waals surface area contributed by atoms with Crippen molar-refractivity contribution in [1.29, 1.82) is 0 Å². The lowest BCUT2D eigenvalue weighted by atomic mass is 9.52. The molecule has 3 nitrogen and oxygen atoms in total. The lowest BCUT2D eigenvalue weighted by Gasteiger charge is -2.61. The van der Waals surface area contributed by atoms with E-state index >= 15 is 0 Å². The molecule has 116 valence electrons. The molecule has 4 bridgehead atoms. The van der Waals surface area contributed by atoms with Crippen LogP contribution >= 0.6 is 0 Å². The predicted octanol–water partition coefficient (Wildman–Crippen LogP) is 2.70. The Hall–Kier alpha value is -0.570. The van der Waals surface area contributed by atoms with Gasteiger partial charge in [-0.3, -0.25) is 4.79 Å². The number of piperidine rings is 1. The van der Waals surface area contributed by atoms with Gasteiger partial charge in [-0.2, -0.15) is 0 Å². The Kier molecular flexibility index (Phi) is 2.75. The summed E-state index contributed by atoms with van der Waals surface area (Å²) in [5, 5.41) is 3.61. The summed E-state index contributed by atoms with van der Waals surface area (Å²) < 4.78 is 0. The largest absolute Gasteiger partial charge is 0.336 e. The van der Waals surface area contributed by atoms with Gasteiger partial charge in [-0.15, -0.1) is 0 Å². The highest BCUT2D eigenvalue weighted by Crippen LogP contribution is 2.58. The molecule has 1 saturated heterocycles. The monoisotopic (exact) mass is 288 g/mol. The molecular weight excluding hydrogens is 260 g/mol. The highest BCUT2D eigenvalue weighted by atomic mass is 16.2. The second kappa shape index (κ2) is 4.47. The van der Waals surface area contributed by atoms with Crippen molar-refractivity contribution >= 4 is 5.91 Å². The van der Waals surface area contributed by atoms with Crippen molar-refractivity contribution < 1.29 is 4.79 Å². The second-order valence-corrected chi connectivity index (χ2v) is 8.77. The molecule has 0 radical (unpaired) electrons. The number of amides is 1. The molecule has 1 unspecified atom stereocenters. The van der Waals surface area contributed by atoms with E-state index in [1.54, 1.807) is 0 Å². The van der Waals surface area contributed by atoms with Gasteiger partial charge in [0.25, 0.3) is 0 Å². The topological polar surface area (TPSA) is 32.3 Å². The van der Waals surface area contributed by atoms with Crippen molar-refractivity contribution in [1.82, 2.24) is 10.2 Å². The molecular formula is C18H28N2O. The fourth-order valence-electron chi connectivity index (χ4n) is 6.43. The predicted molar refractivity (Wildman–Crippen MR) is 81.8 cm³/mol. The number of hydrogen-bond acceptors (Lipinski definition) is 2. The summed E-state index contributed by atoms with van der Waals surface area (Å²) in [5.74, 6) is 3.25. The van der Waals surface area contributed by atoms with Crippen molar-refractivity contribution in [3.63, 3.8) is 0 Å². The van der Waals surface area contributed by atoms with Crippen LogP contribution in [0.5, 0.6) is 0 Å². The van der Waals surface area contributed by atoms with Crippen LogP contribution in [0.2, 0.25) is 0 Å². The summed E-state index contributed by atoms with van der Waals surface area (Å²) >= 11 is 0. The second-order valence-electron chi connectivity index (χ2n) is 8.77. The molecule has 6 fully saturated rings. The minimum absolute atomic E-state index is 0.138. The molecule has 5 saturated carbocycles. The molecule has 1 aliphatic heterocycles. The fourth-order valence-corrected chi connectivity index (χ4v) is 6.43. The van der Waals surface area contributed by atoms with Crippen LogP contribution in [0.25, 0.3) is 0 Å². The van der Waals surface area contributed by atoms with E-state index < -0.39 is 0 Å². The van der Waals surface area contributed by atoms with E-state index in [1.165, 1.54) is 57.8 Å². The first-order valence-corrected chi connectivity index (χ1v) is 9.29. The highest BCUT2D eigenvalue weighted by molar-refractivity contribution is 5.83. The summed E-state index contributed by atoms with van der Waals surface area (Å²) in [6, 6.07) is 0.787. The van der Waals surface area contributed by atoms with Gasteiger partial charge < -0.3 is 10.2 Å². The number of nitrogens with zero attached hydrogens (tertiary/aromatic N) is 1.